The zero-order valence-corrected chi connectivity index (χ0v) is 22.4. The molecule has 0 radical (unpaired) electrons. The van der Waals surface area contributed by atoms with Crippen molar-refractivity contribution in [2.24, 2.45) is 0 Å². The summed E-state index contributed by atoms with van der Waals surface area (Å²) in [5.41, 5.74) is 2.91. The van der Waals surface area contributed by atoms with Gasteiger partial charge in [-0.1, -0.05) is 31.2 Å². The zero-order valence-electron chi connectivity index (χ0n) is 15.7. The van der Waals surface area contributed by atoms with E-state index in [1.54, 1.807) is 0 Å². The van der Waals surface area contributed by atoms with Gasteiger partial charge in [-0.15, -0.1) is 47.0 Å². The normalized spacial score (nSPS) is 20.9. The summed E-state index contributed by atoms with van der Waals surface area (Å²) in [7, 11) is 0. The Labute approximate surface area is 202 Å². The Morgan fingerprint density at radius 1 is 1.07 bits per heavy atom. The van der Waals surface area contributed by atoms with Crippen molar-refractivity contribution >= 4 is 95.8 Å². The van der Waals surface area contributed by atoms with E-state index in [1.807, 2.05) is 0 Å². The van der Waals surface area contributed by atoms with Crippen LogP contribution >= 0.6 is 95.8 Å². The Bertz CT molecular complexity index is 495. The van der Waals surface area contributed by atoms with Crippen molar-refractivity contribution in [2.75, 3.05) is 40.3 Å². The monoisotopic (exact) mass is 514 g/mol. The highest BCUT2D eigenvalue weighted by molar-refractivity contribution is 8.21. The van der Waals surface area contributed by atoms with Crippen LogP contribution in [0.4, 0.5) is 0 Å². The molecule has 0 spiro atoms. The standard InChI is InChI=1S/C19H30S8/c1-2-24-18(25-8-7-20)13-22-10-15-3-5-16(6-4-15)11-23-14-19-26-12-17(9-21)27-19/h3-6,17-21H,2,7-14H2,1H3. The number of rotatable bonds is 14. The van der Waals surface area contributed by atoms with E-state index >= 15 is 0 Å². The Kier molecular flexibility index (Phi) is 14.8. The van der Waals surface area contributed by atoms with Gasteiger partial charge in [0.15, 0.2) is 0 Å². The first kappa shape index (κ1) is 25.3. The van der Waals surface area contributed by atoms with Crippen LogP contribution in [0, 0.1) is 0 Å². The molecule has 8 heteroatoms. The van der Waals surface area contributed by atoms with E-state index in [-0.39, 0.29) is 0 Å². The van der Waals surface area contributed by atoms with Gasteiger partial charge in [0, 0.05) is 45.5 Å². The minimum absolute atomic E-state index is 0.705. The summed E-state index contributed by atoms with van der Waals surface area (Å²) in [6, 6.07) is 9.29. The van der Waals surface area contributed by atoms with Gasteiger partial charge >= 0.3 is 0 Å². The van der Waals surface area contributed by atoms with Gasteiger partial charge in [0.05, 0.1) is 9.16 Å². The molecule has 1 heterocycles. The van der Waals surface area contributed by atoms with Crippen molar-refractivity contribution < 1.29 is 0 Å². The van der Waals surface area contributed by atoms with Gasteiger partial charge in [0.2, 0.25) is 0 Å². The van der Waals surface area contributed by atoms with Crippen molar-refractivity contribution in [3.05, 3.63) is 35.4 Å². The molecule has 1 aliphatic rings. The second-order valence-corrected chi connectivity index (χ2v) is 15.0. The van der Waals surface area contributed by atoms with Crippen LogP contribution in [0.3, 0.4) is 0 Å². The summed E-state index contributed by atoms with van der Waals surface area (Å²) in [5.74, 6) is 10.3. The van der Waals surface area contributed by atoms with Gasteiger partial charge in [-0.3, -0.25) is 0 Å². The summed E-state index contributed by atoms with van der Waals surface area (Å²) in [6.07, 6.45) is 0. The summed E-state index contributed by atoms with van der Waals surface area (Å²) >= 11 is 21.3. The number of benzene rings is 1. The summed E-state index contributed by atoms with van der Waals surface area (Å²) < 4.78 is 1.47. The molecule has 1 fully saturated rings. The smallest absolute Gasteiger partial charge is 0.0596 e. The molecule has 0 N–H and O–H groups in total. The minimum Gasteiger partial charge on any atom is -0.179 e. The quantitative estimate of drug-likeness (QED) is 0.201. The van der Waals surface area contributed by atoms with Crippen LogP contribution in [0.2, 0.25) is 0 Å². The zero-order chi connectivity index (χ0) is 19.3. The topological polar surface area (TPSA) is 0 Å². The number of hydrogen-bond acceptors (Lipinski definition) is 8. The SMILES string of the molecule is CCSC(CSCc1ccc(CSCC2SCC(CS)S2)cc1)SCCS. The molecule has 0 bridgehead atoms. The second kappa shape index (κ2) is 15.8. The van der Waals surface area contributed by atoms with Crippen molar-refractivity contribution in [2.45, 2.75) is 32.8 Å². The van der Waals surface area contributed by atoms with E-state index in [2.05, 4.69) is 127 Å². The van der Waals surface area contributed by atoms with Crippen LogP contribution in [-0.2, 0) is 11.5 Å². The van der Waals surface area contributed by atoms with E-state index < -0.39 is 0 Å². The molecule has 1 aromatic rings. The Hall–Kier alpha value is 2.02. The van der Waals surface area contributed by atoms with Crippen molar-refractivity contribution in [3.63, 3.8) is 0 Å². The average molecular weight is 515 g/mol. The predicted molar refractivity (Wildman–Crippen MR) is 148 cm³/mol. The third kappa shape index (κ3) is 10.7. The van der Waals surface area contributed by atoms with Crippen molar-refractivity contribution in [1.29, 1.82) is 0 Å². The molecular weight excluding hydrogens is 485 g/mol. The van der Waals surface area contributed by atoms with Gasteiger partial charge in [-0.2, -0.15) is 48.8 Å². The van der Waals surface area contributed by atoms with Gasteiger partial charge in [0.25, 0.3) is 0 Å². The first-order chi connectivity index (χ1) is 13.2. The number of thiol groups is 2. The van der Waals surface area contributed by atoms with Crippen LogP contribution in [0.15, 0.2) is 24.3 Å². The van der Waals surface area contributed by atoms with E-state index in [0.717, 1.165) is 38.6 Å². The molecule has 27 heavy (non-hydrogen) atoms. The van der Waals surface area contributed by atoms with Gasteiger partial charge in [0.1, 0.15) is 0 Å². The maximum Gasteiger partial charge on any atom is 0.0596 e. The predicted octanol–water partition coefficient (Wildman–Crippen LogP) is 7.00. The number of hydrogen-bond donors (Lipinski definition) is 2. The van der Waals surface area contributed by atoms with E-state index in [9.17, 15) is 0 Å². The average Bonchev–Trinajstić information content (AvgIpc) is 3.15. The van der Waals surface area contributed by atoms with Gasteiger partial charge in [-0.25, -0.2) is 0 Å². The lowest BCUT2D eigenvalue weighted by Crippen LogP contribution is -2.04. The highest BCUT2D eigenvalue weighted by atomic mass is 32.2. The van der Waals surface area contributed by atoms with Crippen LogP contribution in [0.1, 0.15) is 18.1 Å². The van der Waals surface area contributed by atoms with Crippen LogP contribution in [-0.4, -0.2) is 54.7 Å². The first-order valence-corrected chi connectivity index (χ1v) is 16.9. The van der Waals surface area contributed by atoms with Gasteiger partial charge in [-0.05, 0) is 22.6 Å². The molecule has 0 aliphatic carbocycles. The largest absolute Gasteiger partial charge is 0.179 e. The minimum atomic E-state index is 0.705. The fraction of sp³-hybridized carbons (Fsp3) is 0.684. The molecule has 0 aromatic heterocycles. The molecule has 2 rings (SSSR count). The Morgan fingerprint density at radius 3 is 2.37 bits per heavy atom. The van der Waals surface area contributed by atoms with E-state index in [4.69, 9.17) is 0 Å². The fourth-order valence-electron chi connectivity index (χ4n) is 2.48. The third-order valence-corrected chi connectivity index (χ3v) is 14.0. The van der Waals surface area contributed by atoms with E-state index in [0.29, 0.717) is 4.58 Å². The molecule has 0 amide bonds. The molecule has 0 nitrogen and oxygen atoms in total. The Balaban J connectivity index is 1.62. The molecule has 1 saturated heterocycles. The lowest BCUT2D eigenvalue weighted by atomic mass is 10.2. The van der Waals surface area contributed by atoms with Gasteiger partial charge < -0.3 is 0 Å². The third-order valence-electron chi connectivity index (χ3n) is 3.83. The van der Waals surface area contributed by atoms with Crippen molar-refractivity contribution in [3.8, 4) is 0 Å². The maximum absolute atomic E-state index is 4.43. The summed E-state index contributed by atoms with van der Waals surface area (Å²) in [6.45, 7) is 2.25. The summed E-state index contributed by atoms with van der Waals surface area (Å²) in [5, 5.41) is 0.757. The molecule has 154 valence electrons. The summed E-state index contributed by atoms with van der Waals surface area (Å²) in [4.78, 5) is 0. The highest BCUT2D eigenvalue weighted by Gasteiger charge is 2.24. The Morgan fingerprint density at radius 2 is 1.78 bits per heavy atom. The van der Waals surface area contributed by atoms with Crippen LogP contribution in [0.5, 0.6) is 0 Å². The van der Waals surface area contributed by atoms with Crippen LogP contribution in [0.25, 0.3) is 0 Å². The first-order valence-electron chi connectivity index (χ1n) is 9.20. The molecule has 1 aromatic carbocycles. The van der Waals surface area contributed by atoms with E-state index in [1.165, 1.54) is 34.1 Å². The maximum atomic E-state index is 4.43. The number of thioether (sulfide) groups is 6. The molecule has 1 aliphatic heterocycles. The molecule has 0 saturated carbocycles. The molecule has 3 unspecified atom stereocenters. The lowest BCUT2D eigenvalue weighted by Gasteiger charge is -2.14. The molecular formula is C19H30S8. The van der Waals surface area contributed by atoms with Crippen molar-refractivity contribution in [1.82, 2.24) is 0 Å². The molecule has 3 atom stereocenters. The highest BCUT2D eigenvalue weighted by Crippen LogP contribution is 2.40. The fourth-order valence-corrected chi connectivity index (χ4v) is 11.9. The van der Waals surface area contributed by atoms with Crippen LogP contribution < -0.4 is 0 Å². The lowest BCUT2D eigenvalue weighted by molar-refractivity contribution is 1.17. The second-order valence-electron chi connectivity index (χ2n) is 6.03.